The molecule has 0 saturated carbocycles. The van der Waals surface area contributed by atoms with E-state index in [0.717, 1.165) is 25.7 Å². The topological polar surface area (TPSA) is 657 Å². The van der Waals surface area contributed by atoms with Crippen LogP contribution in [0.4, 0.5) is 11.4 Å². The fourth-order valence-electron chi connectivity index (χ4n) is 8.25. The van der Waals surface area contributed by atoms with E-state index in [0.29, 0.717) is 25.8 Å². The molecule has 88 heavy (non-hydrogen) atoms. The number of unbranched alkanes of at least 4 members (excludes halogenated alkanes) is 11. The molecule has 1 heterocycles. The summed E-state index contributed by atoms with van der Waals surface area (Å²) in [5.41, 5.74) is 54.6. The molecule has 8 unspecified atom stereocenters. The number of primary amides is 1. The monoisotopic (exact) mass is 1240 g/mol. The van der Waals surface area contributed by atoms with Crippen LogP contribution >= 0.6 is 0 Å². The van der Waals surface area contributed by atoms with Gasteiger partial charge in [0, 0.05) is 31.6 Å². The molecule has 3 rings (SSSR count). The van der Waals surface area contributed by atoms with Crippen molar-refractivity contribution < 1.29 is 53.0 Å². The number of nitrogens with zero attached hydrogens (tertiary/aromatic N) is 7. The molecule has 38 heteroatoms. The molecule has 3 aromatic rings. The number of benzene rings is 2. The molecule has 30 N–H and O–H groups in total. The third kappa shape index (κ3) is 26.4. The Morgan fingerprint density at radius 1 is 0.580 bits per heavy atom. The maximum absolute atomic E-state index is 14.3. The predicted molar refractivity (Wildman–Crippen MR) is 321 cm³/mol. The average Bonchev–Trinajstić information content (AvgIpc) is 2.30. The van der Waals surface area contributed by atoms with Gasteiger partial charge in [-0.1, -0.05) is 108 Å². The van der Waals surface area contributed by atoms with Gasteiger partial charge in [-0.15, -0.1) is 0 Å². The Bertz CT molecular complexity index is 2930. The van der Waals surface area contributed by atoms with Gasteiger partial charge in [-0.2, -0.15) is 0 Å². The molecule has 0 aliphatic heterocycles. The first-order chi connectivity index (χ1) is 41.8. The summed E-state index contributed by atoms with van der Waals surface area (Å²) in [6.45, 7) is 2.50. The highest BCUT2D eigenvalue weighted by Gasteiger charge is 2.35. The number of nitro groups is 1. The zero-order valence-electron chi connectivity index (χ0n) is 48.5. The van der Waals surface area contributed by atoms with E-state index >= 15 is 0 Å². The molecule has 38 nitrogen and oxygen atoms in total. The highest BCUT2D eigenvalue weighted by molar-refractivity contribution is 5.99. The van der Waals surface area contributed by atoms with Crippen LogP contribution in [-0.4, -0.2) is 148 Å². The van der Waals surface area contributed by atoms with Crippen molar-refractivity contribution in [3.8, 4) is 0 Å². The number of carbonyl (C=O) groups excluding carboxylic acids is 8. The van der Waals surface area contributed by atoms with Crippen molar-refractivity contribution in [2.24, 2.45) is 77.3 Å². The van der Waals surface area contributed by atoms with Crippen molar-refractivity contribution in [3.05, 3.63) is 58.1 Å². The van der Waals surface area contributed by atoms with Gasteiger partial charge in [-0.25, -0.2) is 24.6 Å². The van der Waals surface area contributed by atoms with Crippen LogP contribution in [0.2, 0.25) is 0 Å². The Hall–Kier alpha value is -10.2. The molecule has 0 aliphatic carbocycles. The summed E-state index contributed by atoms with van der Waals surface area (Å²) in [6, 6.07) is 7.49. The number of nitrogens with two attached hydrogens (primary N) is 10. The van der Waals surface area contributed by atoms with Crippen molar-refractivity contribution in [1.82, 2.24) is 52.8 Å². The van der Waals surface area contributed by atoms with E-state index in [-0.39, 0.29) is 46.8 Å². The van der Waals surface area contributed by atoms with E-state index in [1.807, 2.05) is 16.0 Å². The second-order valence-electron chi connectivity index (χ2n) is 19.7. The Balaban J connectivity index is 1.80. The number of aliphatic hydroxyl groups excluding tert-OH is 1. The summed E-state index contributed by atoms with van der Waals surface area (Å²) >= 11 is 0. The maximum Gasteiger partial charge on any atom is 0.300 e. The number of rotatable bonds is 41. The van der Waals surface area contributed by atoms with Gasteiger partial charge in [0.05, 0.1) is 10.6 Å². The quantitative estimate of drug-likeness (QED) is 0.00629. The molecule has 0 saturated heterocycles. The molecule has 0 fully saturated rings. The molecule has 0 aliphatic rings. The summed E-state index contributed by atoms with van der Waals surface area (Å²) in [5.74, 6) is -12.5. The predicted octanol–water partition coefficient (Wildman–Crippen LogP) is -5.59. The molecule has 0 bridgehead atoms. The fourth-order valence-corrected chi connectivity index (χ4v) is 8.25. The van der Waals surface area contributed by atoms with Crippen molar-refractivity contribution in [3.63, 3.8) is 0 Å². The maximum atomic E-state index is 14.3. The number of hydrogen-bond acceptors (Lipinski definition) is 21. The molecule has 2 aromatic carbocycles. The van der Waals surface area contributed by atoms with E-state index in [2.05, 4.69) is 69.1 Å². The average molecular weight is 1240 g/mol. The van der Waals surface area contributed by atoms with Crippen LogP contribution in [0.3, 0.4) is 0 Å². The van der Waals surface area contributed by atoms with Crippen LogP contribution in [0, 0.1) is 10.1 Å². The Morgan fingerprint density at radius 3 is 1.52 bits per heavy atom. The number of aliphatic hydroxyl groups is 1. The Morgan fingerprint density at radius 2 is 1.05 bits per heavy atom. The van der Waals surface area contributed by atoms with Crippen molar-refractivity contribution in [2.45, 2.75) is 152 Å². The minimum atomic E-state index is -2.24. The molecule has 0 spiro atoms. The van der Waals surface area contributed by atoms with Crippen LogP contribution in [0.15, 0.2) is 67.1 Å². The van der Waals surface area contributed by atoms with Gasteiger partial charge in [0.2, 0.25) is 42.0 Å². The summed E-state index contributed by atoms with van der Waals surface area (Å²) in [7, 11) is 0. The SMILES string of the molecule is CCCCCCCCCCCCCC(=O)NCCCCC(CNc1ccc([N+](=O)[O-])c2nonc12)NC(O)C(=O)NC(C(=O)NC(N=C(N)N)C(=O)NC(N=C(N)N)C(=O)NC(N=C(N)N)C(=O)NC(N=C(N)N)C(=O)NC(N)C(N)=O)c1ccccc1. The van der Waals surface area contributed by atoms with Crippen molar-refractivity contribution >= 4 is 93.5 Å². The zero-order chi connectivity index (χ0) is 65.3. The number of hydrogen-bond donors (Lipinski definition) is 20. The molecule has 8 amide bonds. The second-order valence-corrected chi connectivity index (χ2v) is 19.7. The lowest BCUT2D eigenvalue weighted by Crippen LogP contribution is -2.60. The van der Waals surface area contributed by atoms with E-state index < -0.39 is 119 Å². The number of fused-ring (bicyclic) bond motifs is 1. The van der Waals surface area contributed by atoms with Gasteiger partial charge in [0.15, 0.2) is 41.7 Å². The lowest BCUT2D eigenvalue weighted by atomic mass is 10.1. The van der Waals surface area contributed by atoms with Crippen LogP contribution in [0.5, 0.6) is 0 Å². The number of aromatic nitrogens is 2. The summed E-state index contributed by atoms with van der Waals surface area (Å²) in [5, 5.41) is 52.1. The van der Waals surface area contributed by atoms with E-state index in [1.54, 1.807) is 6.07 Å². The first kappa shape index (κ1) is 72.0. The fraction of sp³-hybridized carbons (Fsp3) is 0.520. The molecule has 0 radical (unpaired) electrons. The van der Waals surface area contributed by atoms with E-state index in [1.165, 1.54) is 81.3 Å². The van der Waals surface area contributed by atoms with Gasteiger partial charge in [-0.3, -0.25) is 53.8 Å². The minimum Gasteiger partial charge on any atom is -0.382 e. The van der Waals surface area contributed by atoms with Gasteiger partial charge in [0.25, 0.3) is 35.4 Å². The van der Waals surface area contributed by atoms with Gasteiger partial charge >= 0.3 is 5.69 Å². The van der Waals surface area contributed by atoms with Gasteiger partial charge in [0.1, 0.15) is 6.04 Å². The number of nitro benzene ring substituents is 1. The summed E-state index contributed by atoms with van der Waals surface area (Å²) < 4.78 is 4.78. The zero-order valence-corrected chi connectivity index (χ0v) is 48.5. The number of aliphatic imine (C=N–C) groups is 4. The standard InChI is InChI=1S/C50H82N26O12/c1-2-3-4-5-6-7-8-9-10-11-15-21-30(77)61-24-17-16-20-27(25-62-28-22-23-29(76(86)87)33-32(28)74-88-75-33)63-45(84)46(85)64-31(26-18-13-12-14-19-26)40(79)66-37(71-48(55)56)42(81)68-39(73-50(59)60)44(83)69-38(72-49(57)58)43(82)67-36(70-47(53)54)41(80)65-34(51)35(52)78/h12-14,18-19,22-23,27,31,34,36-39,45,62-63,84H,2-11,15-17,20-21,24-25,51H2,1H3,(H2,52,78)(H,61,77)(H,64,85)(H,65,80)(H,66,79)(H,67,82)(H,68,81)(H,69,83)(H4,53,54,70)(H4,55,56,71)(H4,57,58,72)(H4,59,60,73). The Kier molecular flexibility index (Phi) is 31.1. The molecular weight excluding hydrogens is 1160 g/mol. The van der Waals surface area contributed by atoms with Gasteiger partial charge < -0.3 is 105 Å². The minimum absolute atomic E-state index is 0.0262. The third-order valence-electron chi connectivity index (χ3n) is 12.6. The number of non-ortho nitro benzene ring substituents is 1. The number of guanidine groups is 4. The smallest absolute Gasteiger partial charge is 0.300 e. The largest absolute Gasteiger partial charge is 0.382 e. The third-order valence-corrected chi connectivity index (χ3v) is 12.6. The summed E-state index contributed by atoms with van der Waals surface area (Å²) in [4.78, 5) is 132. The van der Waals surface area contributed by atoms with Gasteiger partial charge in [-0.05, 0) is 41.2 Å². The van der Waals surface area contributed by atoms with E-state index in [4.69, 9.17) is 62.0 Å². The molecule has 8 atom stereocenters. The second kappa shape index (κ2) is 37.9. The Labute approximate surface area is 504 Å². The van der Waals surface area contributed by atoms with Crippen molar-refractivity contribution in [1.29, 1.82) is 0 Å². The highest BCUT2D eigenvalue weighted by atomic mass is 16.6. The van der Waals surface area contributed by atoms with Crippen LogP contribution < -0.4 is 105 Å². The molecule has 1 aromatic heterocycles. The molecule has 484 valence electrons. The summed E-state index contributed by atoms with van der Waals surface area (Å²) in [6.07, 6.45) is 1.74. The first-order valence-corrected chi connectivity index (χ1v) is 27.9. The number of carbonyl (C=O) groups is 8. The van der Waals surface area contributed by atoms with Crippen LogP contribution in [0.1, 0.15) is 115 Å². The van der Waals surface area contributed by atoms with Crippen molar-refractivity contribution in [2.75, 3.05) is 18.4 Å². The van der Waals surface area contributed by atoms with Crippen LogP contribution in [-0.2, 0) is 38.4 Å². The lowest BCUT2D eigenvalue weighted by molar-refractivity contribution is -0.383. The van der Waals surface area contributed by atoms with Crippen LogP contribution in [0.25, 0.3) is 11.0 Å². The number of nitrogens with one attached hydrogen (secondary N) is 9. The number of anilines is 1. The highest BCUT2D eigenvalue weighted by Crippen LogP contribution is 2.29. The first-order valence-electron chi connectivity index (χ1n) is 27.9. The molecular formula is C50H82N26O12. The van der Waals surface area contributed by atoms with E-state index in [9.17, 15) is 53.6 Å². The normalized spacial score (nSPS) is 13.6. The number of amides is 8. The lowest BCUT2D eigenvalue weighted by Gasteiger charge is -2.26.